The molecule has 0 spiro atoms. The highest BCUT2D eigenvalue weighted by Gasteiger charge is 2.11. The third kappa shape index (κ3) is 5.06. The van der Waals surface area contributed by atoms with Crippen molar-refractivity contribution < 1.29 is 23.9 Å². The quantitative estimate of drug-likeness (QED) is 0.242. The largest absolute Gasteiger partial charge is 0.493 e. The zero-order valence-corrected chi connectivity index (χ0v) is 14.7. The Bertz CT molecular complexity index is 913. The Balaban J connectivity index is 2.16. The molecular weight excluding hydrogens is 352 g/mol. The summed E-state index contributed by atoms with van der Waals surface area (Å²) in [4.78, 5) is 21.7. The summed E-state index contributed by atoms with van der Waals surface area (Å²) in [6.07, 6.45) is 1.38. The third-order valence-corrected chi connectivity index (χ3v) is 3.57. The van der Waals surface area contributed by atoms with Gasteiger partial charge in [-0.1, -0.05) is 6.07 Å². The summed E-state index contributed by atoms with van der Waals surface area (Å²) in [5, 5.41) is 19.7. The van der Waals surface area contributed by atoms with Crippen molar-refractivity contribution in [1.29, 1.82) is 5.26 Å². The Morgan fingerprint density at radius 3 is 2.44 bits per heavy atom. The van der Waals surface area contributed by atoms with Crippen molar-refractivity contribution in [1.82, 2.24) is 0 Å². The first kappa shape index (κ1) is 19.5. The molecule has 138 valence electrons. The SMILES string of the molecule is COC(=O)/C(C#N)=C/c1ccc(OCc2ccc([N+](=O)[O-])cc2)c(OC)c1. The van der Waals surface area contributed by atoms with Crippen LogP contribution in [0.3, 0.4) is 0 Å². The van der Waals surface area contributed by atoms with Gasteiger partial charge in [0.15, 0.2) is 11.5 Å². The molecule has 2 aromatic rings. The lowest BCUT2D eigenvalue weighted by molar-refractivity contribution is -0.384. The summed E-state index contributed by atoms with van der Waals surface area (Å²) in [5.41, 5.74) is 1.19. The maximum Gasteiger partial charge on any atom is 0.348 e. The highest BCUT2D eigenvalue weighted by atomic mass is 16.6. The molecule has 0 N–H and O–H groups in total. The van der Waals surface area contributed by atoms with E-state index in [9.17, 15) is 14.9 Å². The molecular formula is C19H16N2O6. The number of nitro groups is 1. The highest BCUT2D eigenvalue weighted by Crippen LogP contribution is 2.30. The molecule has 27 heavy (non-hydrogen) atoms. The van der Waals surface area contributed by atoms with Gasteiger partial charge >= 0.3 is 5.97 Å². The van der Waals surface area contributed by atoms with E-state index in [-0.39, 0.29) is 17.9 Å². The van der Waals surface area contributed by atoms with Crippen LogP contribution >= 0.6 is 0 Å². The molecule has 0 saturated heterocycles. The second-order valence-electron chi connectivity index (χ2n) is 5.28. The number of methoxy groups -OCH3 is 2. The molecule has 0 saturated carbocycles. The fourth-order valence-electron chi connectivity index (χ4n) is 2.18. The summed E-state index contributed by atoms with van der Waals surface area (Å²) >= 11 is 0. The van der Waals surface area contributed by atoms with Crippen molar-refractivity contribution >= 4 is 17.7 Å². The van der Waals surface area contributed by atoms with Crippen molar-refractivity contribution in [3.05, 3.63) is 69.3 Å². The van der Waals surface area contributed by atoms with Gasteiger partial charge in [0.05, 0.1) is 19.1 Å². The van der Waals surface area contributed by atoms with Crippen LogP contribution in [0.15, 0.2) is 48.0 Å². The van der Waals surface area contributed by atoms with Crippen molar-refractivity contribution in [2.75, 3.05) is 14.2 Å². The summed E-state index contributed by atoms with van der Waals surface area (Å²) in [5.74, 6) is 0.132. The number of ether oxygens (including phenoxy) is 3. The number of nitriles is 1. The monoisotopic (exact) mass is 368 g/mol. The van der Waals surface area contributed by atoms with Crippen LogP contribution in [-0.2, 0) is 16.1 Å². The number of hydrogen-bond acceptors (Lipinski definition) is 7. The molecule has 0 aromatic heterocycles. The lowest BCUT2D eigenvalue weighted by Gasteiger charge is -2.11. The normalized spacial score (nSPS) is 10.6. The summed E-state index contributed by atoms with van der Waals surface area (Å²) in [6, 6.07) is 12.7. The Morgan fingerprint density at radius 1 is 1.19 bits per heavy atom. The van der Waals surface area contributed by atoms with Gasteiger partial charge in [-0.25, -0.2) is 4.79 Å². The van der Waals surface area contributed by atoms with Gasteiger partial charge in [0.2, 0.25) is 0 Å². The van der Waals surface area contributed by atoms with Crippen LogP contribution in [0.1, 0.15) is 11.1 Å². The first-order valence-corrected chi connectivity index (χ1v) is 7.72. The molecule has 0 unspecified atom stereocenters. The number of esters is 1. The molecule has 8 heteroatoms. The van der Waals surface area contributed by atoms with Gasteiger partial charge in [-0.2, -0.15) is 5.26 Å². The molecule has 2 rings (SSSR count). The summed E-state index contributed by atoms with van der Waals surface area (Å²) < 4.78 is 15.5. The van der Waals surface area contributed by atoms with Crippen LogP contribution in [0.25, 0.3) is 6.08 Å². The second kappa shape index (κ2) is 9.01. The number of rotatable bonds is 7. The van der Waals surface area contributed by atoms with Crippen molar-refractivity contribution in [2.45, 2.75) is 6.61 Å². The van der Waals surface area contributed by atoms with Gasteiger partial charge in [0.1, 0.15) is 18.2 Å². The summed E-state index contributed by atoms with van der Waals surface area (Å²) in [6.45, 7) is 0.190. The van der Waals surface area contributed by atoms with E-state index < -0.39 is 10.9 Å². The van der Waals surface area contributed by atoms with Crippen LogP contribution in [0.5, 0.6) is 11.5 Å². The van der Waals surface area contributed by atoms with Gasteiger partial charge in [0.25, 0.3) is 5.69 Å². The zero-order valence-electron chi connectivity index (χ0n) is 14.7. The predicted molar refractivity (Wildman–Crippen MR) is 96.0 cm³/mol. The minimum atomic E-state index is -0.727. The van der Waals surface area contributed by atoms with Gasteiger partial charge in [-0.3, -0.25) is 10.1 Å². The maximum atomic E-state index is 11.5. The maximum absolute atomic E-state index is 11.5. The van der Waals surface area contributed by atoms with E-state index in [1.54, 1.807) is 36.4 Å². The number of nitrogens with zero attached hydrogens (tertiary/aromatic N) is 2. The molecule has 0 aliphatic carbocycles. The summed E-state index contributed by atoms with van der Waals surface area (Å²) in [7, 11) is 2.66. The van der Waals surface area contributed by atoms with E-state index in [0.29, 0.717) is 17.1 Å². The van der Waals surface area contributed by atoms with E-state index >= 15 is 0 Å². The Morgan fingerprint density at radius 2 is 1.89 bits per heavy atom. The fraction of sp³-hybridized carbons (Fsp3) is 0.158. The Labute approximate surface area is 155 Å². The molecule has 2 aromatic carbocycles. The van der Waals surface area contributed by atoms with E-state index in [1.165, 1.54) is 32.4 Å². The molecule has 0 bridgehead atoms. The van der Waals surface area contributed by atoms with Crippen LogP contribution in [0, 0.1) is 21.4 Å². The van der Waals surface area contributed by atoms with Crippen LogP contribution in [-0.4, -0.2) is 25.1 Å². The molecule has 0 aliphatic heterocycles. The average molecular weight is 368 g/mol. The smallest absolute Gasteiger partial charge is 0.348 e. The van der Waals surface area contributed by atoms with Gasteiger partial charge in [0, 0.05) is 12.1 Å². The average Bonchev–Trinajstić information content (AvgIpc) is 2.70. The van der Waals surface area contributed by atoms with E-state index in [4.69, 9.17) is 14.7 Å². The van der Waals surface area contributed by atoms with Gasteiger partial charge in [-0.15, -0.1) is 0 Å². The number of hydrogen-bond donors (Lipinski definition) is 0. The van der Waals surface area contributed by atoms with Crippen LogP contribution < -0.4 is 9.47 Å². The second-order valence-corrected chi connectivity index (χ2v) is 5.28. The third-order valence-electron chi connectivity index (χ3n) is 3.57. The Kier molecular flexibility index (Phi) is 6.49. The van der Waals surface area contributed by atoms with Crippen LogP contribution in [0.2, 0.25) is 0 Å². The van der Waals surface area contributed by atoms with E-state index in [2.05, 4.69) is 4.74 Å². The molecule has 0 fully saturated rings. The molecule has 8 nitrogen and oxygen atoms in total. The lowest BCUT2D eigenvalue weighted by Crippen LogP contribution is -2.02. The molecule has 0 atom stereocenters. The predicted octanol–water partition coefficient (Wildman–Crippen LogP) is 3.26. The first-order chi connectivity index (χ1) is 13.0. The molecule has 0 heterocycles. The highest BCUT2D eigenvalue weighted by molar-refractivity contribution is 5.97. The molecule has 0 radical (unpaired) electrons. The zero-order chi connectivity index (χ0) is 19.8. The van der Waals surface area contributed by atoms with E-state index in [1.807, 2.05) is 0 Å². The van der Waals surface area contributed by atoms with E-state index in [0.717, 1.165) is 5.56 Å². The minimum absolute atomic E-state index is 0.00590. The topological polar surface area (TPSA) is 112 Å². The van der Waals surface area contributed by atoms with Crippen molar-refractivity contribution in [3.8, 4) is 17.6 Å². The van der Waals surface area contributed by atoms with Crippen molar-refractivity contribution in [3.63, 3.8) is 0 Å². The van der Waals surface area contributed by atoms with Crippen molar-refractivity contribution in [2.24, 2.45) is 0 Å². The minimum Gasteiger partial charge on any atom is -0.493 e. The number of nitro benzene ring substituents is 1. The molecule has 0 amide bonds. The number of non-ortho nitro benzene ring substituents is 1. The fourth-order valence-corrected chi connectivity index (χ4v) is 2.18. The lowest BCUT2D eigenvalue weighted by atomic mass is 10.1. The number of carbonyl (C=O) groups excluding carboxylic acids is 1. The number of carbonyl (C=O) groups is 1. The molecule has 0 aliphatic rings. The first-order valence-electron chi connectivity index (χ1n) is 7.72. The van der Waals surface area contributed by atoms with Gasteiger partial charge in [-0.05, 0) is 41.5 Å². The number of benzene rings is 2. The Hall–Kier alpha value is -3.86. The van der Waals surface area contributed by atoms with Gasteiger partial charge < -0.3 is 14.2 Å². The van der Waals surface area contributed by atoms with Crippen LogP contribution in [0.4, 0.5) is 5.69 Å². The standard InChI is InChI=1S/C19H16N2O6/c1-25-18-10-14(9-15(11-20)19(22)26-2)5-8-17(18)27-12-13-3-6-16(7-4-13)21(23)24/h3-10H,12H2,1-2H3/b15-9+.